The summed E-state index contributed by atoms with van der Waals surface area (Å²) in [6.45, 7) is 5.11. The maximum absolute atomic E-state index is 11.3. The van der Waals surface area contributed by atoms with Gasteiger partial charge in [-0.25, -0.2) is 9.97 Å². The Morgan fingerprint density at radius 2 is 2.29 bits per heavy atom. The lowest BCUT2D eigenvalue weighted by atomic mass is 10.0. The topological polar surface area (TPSA) is 58.1 Å². The maximum Gasteiger partial charge on any atom is 0.219 e. The molecule has 0 aliphatic carbocycles. The van der Waals surface area contributed by atoms with E-state index in [0.29, 0.717) is 5.92 Å². The van der Waals surface area contributed by atoms with Crippen LogP contribution in [0.2, 0.25) is 0 Å². The molecule has 0 spiro atoms. The number of hydrogen-bond acceptors (Lipinski definition) is 4. The first-order valence-electron chi connectivity index (χ1n) is 5.89. The highest BCUT2D eigenvalue weighted by molar-refractivity contribution is 5.73. The largest absolute Gasteiger partial charge is 0.373 e. The van der Waals surface area contributed by atoms with Crippen molar-refractivity contribution in [3.05, 3.63) is 17.6 Å². The van der Waals surface area contributed by atoms with Crippen LogP contribution in [0.15, 0.2) is 6.07 Å². The van der Waals surface area contributed by atoms with Gasteiger partial charge < -0.3 is 10.2 Å². The van der Waals surface area contributed by atoms with Crippen molar-refractivity contribution in [3.8, 4) is 0 Å². The van der Waals surface area contributed by atoms with Crippen LogP contribution >= 0.6 is 0 Å². The van der Waals surface area contributed by atoms with Crippen molar-refractivity contribution in [2.45, 2.75) is 26.2 Å². The van der Waals surface area contributed by atoms with E-state index in [-0.39, 0.29) is 5.91 Å². The zero-order chi connectivity index (χ0) is 12.4. The number of likely N-dealkylation sites (tertiary alicyclic amines) is 1. The van der Waals surface area contributed by atoms with E-state index in [0.717, 1.165) is 36.8 Å². The summed E-state index contributed by atoms with van der Waals surface area (Å²) in [6, 6.07) is 1.97. The highest BCUT2D eigenvalue weighted by Crippen LogP contribution is 2.26. The molecule has 1 fully saturated rings. The third-order valence-electron chi connectivity index (χ3n) is 3.17. The Balaban J connectivity index is 2.18. The summed E-state index contributed by atoms with van der Waals surface area (Å²) in [5, 5.41) is 3.03. The van der Waals surface area contributed by atoms with Crippen LogP contribution < -0.4 is 5.32 Å². The molecule has 0 saturated carbocycles. The molecule has 1 amide bonds. The van der Waals surface area contributed by atoms with Gasteiger partial charge in [0.15, 0.2) is 0 Å². The average Bonchev–Trinajstić information content (AvgIpc) is 2.77. The Morgan fingerprint density at radius 3 is 2.88 bits per heavy atom. The number of anilines is 1. The Morgan fingerprint density at radius 1 is 1.53 bits per heavy atom. The smallest absolute Gasteiger partial charge is 0.219 e. The van der Waals surface area contributed by atoms with Crippen LogP contribution in [0.4, 0.5) is 5.82 Å². The fourth-order valence-electron chi connectivity index (χ4n) is 2.22. The van der Waals surface area contributed by atoms with E-state index in [1.54, 1.807) is 6.92 Å². The van der Waals surface area contributed by atoms with Gasteiger partial charge in [0.25, 0.3) is 0 Å². The summed E-state index contributed by atoms with van der Waals surface area (Å²) in [6.07, 6.45) is 0.985. The molecular weight excluding hydrogens is 216 g/mol. The minimum absolute atomic E-state index is 0.145. The van der Waals surface area contributed by atoms with E-state index in [2.05, 4.69) is 15.3 Å². The second-order valence-corrected chi connectivity index (χ2v) is 4.43. The average molecular weight is 234 g/mol. The molecule has 0 bridgehead atoms. The van der Waals surface area contributed by atoms with Gasteiger partial charge in [-0.2, -0.15) is 0 Å². The lowest BCUT2D eigenvalue weighted by Crippen LogP contribution is -2.25. The molecule has 1 aliphatic heterocycles. The molecule has 1 aliphatic rings. The predicted molar refractivity (Wildman–Crippen MR) is 65.9 cm³/mol. The minimum Gasteiger partial charge on any atom is -0.373 e. The molecule has 0 aromatic carbocycles. The SMILES string of the molecule is CNc1cc([C@@H]2CCN(C(C)=O)C2)nc(C)n1. The number of aryl methyl sites for hydroxylation is 1. The monoisotopic (exact) mass is 234 g/mol. The van der Waals surface area contributed by atoms with Crippen LogP contribution in [-0.2, 0) is 4.79 Å². The van der Waals surface area contributed by atoms with Gasteiger partial charge in [-0.3, -0.25) is 4.79 Å². The lowest BCUT2D eigenvalue weighted by Gasteiger charge is -2.14. The van der Waals surface area contributed by atoms with Crippen molar-refractivity contribution in [2.24, 2.45) is 0 Å². The number of nitrogens with one attached hydrogen (secondary N) is 1. The summed E-state index contributed by atoms with van der Waals surface area (Å²) in [5.74, 6) is 2.10. The first kappa shape index (κ1) is 11.8. The summed E-state index contributed by atoms with van der Waals surface area (Å²) in [7, 11) is 1.85. The summed E-state index contributed by atoms with van der Waals surface area (Å²) >= 11 is 0. The van der Waals surface area contributed by atoms with E-state index >= 15 is 0 Å². The van der Waals surface area contributed by atoms with Crippen LogP contribution in [0.5, 0.6) is 0 Å². The summed E-state index contributed by atoms with van der Waals surface area (Å²) in [4.78, 5) is 21.9. The molecule has 0 unspecified atom stereocenters. The van der Waals surface area contributed by atoms with Gasteiger partial charge in [0, 0.05) is 39.0 Å². The first-order valence-corrected chi connectivity index (χ1v) is 5.89. The van der Waals surface area contributed by atoms with E-state index < -0.39 is 0 Å². The zero-order valence-corrected chi connectivity index (χ0v) is 10.5. The summed E-state index contributed by atoms with van der Waals surface area (Å²) in [5.41, 5.74) is 1.03. The van der Waals surface area contributed by atoms with Crippen LogP contribution in [0.1, 0.15) is 30.8 Å². The van der Waals surface area contributed by atoms with Crippen LogP contribution in [0, 0.1) is 6.92 Å². The lowest BCUT2D eigenvalue weighted by molar-refractivity contribution is -0.127. The van der Waals surface area contributed by atoms with Crippen LogP contribution in [0.3, 0.4) is 0 Å². The molecule has 0 radical (unpaired) electrons. The quantitative estimate of drug-likeness (QED) is 0.834. The molecule has 1 aromatic rings. The Bertz CT molecular complexity index is 433. The van der Waals surface area contributed by atoms with E-state index in [1.165, 1.54) is 0 Å². The van der Waals surface area contributed by atoms with Crippen LogP contribution in [-0.4, -0.2) is 40.9 Å². The zero-order valence-electron chi connectivity index (χ0n) is 10.5. The summed E-state index contributed by atoms with van der Waals surface area (Å²) < 4.78 is 0. The Hall–Kier alpha value is -1.65. The molecule has 1 atom stereocenters. The number of aromatic nitrogens is 2. The minimum atomic E-state index is 0.145. The van der Waals surface area contributed by atoms with Crippen molar-refractivity contribution in [2.75, 3.05) is 25.5 Å². The second kappa shape index (κ2) is 4.69. The first-order chi connectivity index (χ1) is 8.10. The normalized spacial score (nSPS) is 19.5. The Labute approximate surface area is 101 Å². The van der Waals surface area contributed by atoms with Gasteiger partial charge >= 0.3 is 0 Å². The van der Waals surface area contributed by atoms with Crippen molar-refractivity contribution >= 4 is 11.7 Å². The molecule has 1 N–H and O–H groups in total. The fourth-order valence-corrected chi connectivity index (χ4v) is 2.22. The number of rotatable bonds is 2. The van der Waals surface area contributed by atoms with Crippen molar-refractivity contribution in [1.29, 1.82) is 0 Å². The molecule has 2 rings (SSSR count). The molecule has 5 nitrogen and oxygen atoms in total. The van der Waals surface area contributed by atoms with Gasteiger partial charge in [-0.1, -0.05) is 0 Å². The maximum atomic E-state index is 11.3. The van der Waals surface area contributed by atoms with Crippen molar-refractivity contribution in [1.82, 2.24) is 14.9 Å². The van der Waals surface area contributed by atoms with Crippen molar-refractivity contribution < 1.29 is 4.79 Å². The van der Waals surface area contributed by atoms with Crippen LogP contribution in [0.25, 0.3) is 0 Å². The number of hydrogen-bond donors (Lipinski definition) is 1. The highest BCUT2D eigenvalue weighted by atomic mass is 16.2. The van der Waals surface area contributed by atoms with E-state index in [9.17, 15) is 4.79 Å². The van der Waals surface area contributed by atoms with E-state index in [1.807, 2.05) is 24.9 Å². The highest BCUT2D eigenvalue weighted by Gasteiger charge is 2.26. The van der Waals surface area contributed by atoms with Gasteiger partial charge in [-0.05, 0) is 13.3 Å². The van der Waals surface area contributed by atoms with Crippen molar-refractivity contribution in [3.63, 3.8) is 0 Å². The fraction of sp³-hybridized carbons (Fsp3) is 0.583. The molecule has 1 saturated heterocycles. The van der Waals surface area contributed by atoms with Gasteiger partial charge in [0.2, 0.25) is 5.91 Å². The molecule has 1 aromatic heterocycles. The van der Waals surface area contributed by atoms with E-state index in [4.69, 9.17) is 0 Å². The number of carbonyl (C=O) groups is 1. The molecule has 2 heterocycles. The standard InChI is InChI=1S/C12H18N4O/c1-8-14-11(6-12(13-3)15-8)10-4-5-16(7-10)9(2)17/h6,10H,4-5,7H2,1-3H3,(H,13,14,15)/t10-/m1/s1. The number of carbonyl (C=O) groups excluding carboxylic acids is 1. The number of amides is 1. The van der Waals surface area contributed by atoms with Gasteiger partial charge in [0.05, 0.1) is 5.69 Å². The second-order valence-electron chi connectivity index (χ2n) is 4.43. The predicted octanol–water partition coefficient (Wildman–Crippen LogP) is 1.16. The molecule has 17 heavy (non-hydrogen) atoms. The molecule has 5 heteroatoms. The molecular formula is C12H18N4O. The van der Waals surface area contributed by atoms with Gasteiger partial charge in [-0.15, -0.1) is 0 Å². The third kappa shape index (κ3) is 2.54. The third-order valence-corrected chi connectivity index (χ3v) is 3.17. The molecule has 92 valence electrons. The van der Waals surface area contributed by atoms with Gasteiger partial charge in [0.1, 0.15) is 11.6 Å². The number of nitrogens with zero attached hydrogens (tertiary/aromatic N) is 3. The Kier molecular flexibility index (Phi) is 3.26.